The molecule has 3 aromatic heterocycles. The van der Waals surface area contributed by atoms with Gasteiger partial charge in [0.2, 0.25) is 0 Å². The van der Waals surface area contributed by atoms with Crippen molar-refractivity contribution in [2.24, 2.45) is 0 Å². The van der Waals surface area contributed by atoms with Gasteiger partial charge < -0.3 is 5.32 Å². The summed E-state index contributed by atoms with van der Waals surface area (Å²) in [5.41, 5.74) is 1.99. The summed E-state index contributed by atoms with van der Waals surface area (Å²) < 4.78 is 0. The highest BCUT2D eigenvalue weighted by Crippen LogP contribution is 2.19. The van der Waals surface area contributed by atoms with Gasteiger partial charge >= 0.3 is 0 Å². The van der Waals surface area contributed by atoms with Crippen molar-refractivity contribution in [3.05, 3.63) is 52.4 Å². The van der Waals surface area contributed by atoms with Gasteiger partial charge in [0.1, 0.15) is 10.8 Å². The summed E-state index contributed by atoms with van der Waals surface area (Å²) >= 11 is 1.74. The van der Waals surface area contributed by atoms with E-state index in [4.69, 9.17) is 0 Å². The van der Waals surface area contributed by atoms with E-state index in [1.165, 1.54) is 4.88 Å². The van der Waals surface area contributed by atoms with E-state index in [2.05, 4.69) is 39.1 Å². The number of nitrogens with one attached hydrogen (secondary N) is 1. The van der Waals surface area contributed by atoms with E-state index >= 15 is 0 Å². The van der Waals surface area contributed by atoms with Gasteiger partial charge in [-0.15, -0.1) is 11.3 Å². The number of rotatable bonds is 6. The topological polar surface area (TPSA) is 63.6 Å². The molecule has 0 atom stereocenters. The molecule has 0 fully saturated rings. The quantitative estimate of drug-likeness (QED) is 0.748. The minimum Gasteiger partial charge on any atom is -0.363 e. The van der Waals surface area contributed by atoms with Crippen molar-refractivity contribution in [1.29, 1.82) is 0 Å². The molecule has 0 radical (unpaired) electrons. The maximum atomic E-state index is 4.62. The second kappa shape index (κ2) is 7.28. The molecule has 5 nitrogen and oxygen atoms in total. The Morgan fingerprint density at radius 3 is 2.61 bits per heavy atom. The van der Waals surface area contributed by atoms with Crippen molar-refractivity contribution in [2.75, 3.05) is 5.32 Å². The molecule has 0 aliphatic rings. The molecule has 118 valence electrons. The van der Waals surface area contributed by atoms with Gasteiger partial charge in [-0.1, -0.05) is 13.8 Å². The van der Waals surface area contributed by atoms with E-state index in [0.717, 1.165) is 40.7 Å². The molecule has 23 heavy (non-hydrogen) atoms. The summed E-state index contributed by atoms with van der Waals surface area (Å²) in [6.45, 7) is 4.92. The maximum absolute atomic E-state index is 4.62. The predicted molar refractivity (Wildman–Crippen MR) is 93.5 cm³/mol. The summed E-state index contributed by atoms with van der Waals surface area (Å²) in [6, 6.07) is 5.85. The van der Waals surface area contributed by atoms with Crippen LogP contribution in [0.15, 0.2) is 36.8 Å². The maximum Gasteiger partial charge on any atom is 0.161 e. The van der Waals surface area contributed by atoms with Crippen LogP contribution in [0.5, 0.6) is 0 Å². The van der Waals surface area contributed by atoms with Crippen molar-refractivity contribution in [1.82, 2.24) is 19.9 Å². The number of aryl methyl sites for hydroxylation is 2. The van der Waals surface area contributed by atoms with Crippen molar-refractivity contribution in [3.8, 4) is 11.4 Å². The first-order chi connectivity index (χ1) is 11.3. The van der Waals surface area contributed by atoms with Gasteiger partial charge in [-0.25, -0.2) is 15.0 Å². The third-order valence-electron chi connectivity index (χ3n) is 3.45. The molecule has 0 aliphatic heterocycles. The lowest BCUT2D eigenvalue weighted by Gasteiger charge is -2.08. The molecule has 6 heteroatoms. The number of pyridine rings is 1. The lowest BCUT2D eigenvalue weighted by atomic mass is 10.2. The summed E-state index contributed by atoms with van der Waals surface area (Å²) in [6.07, 6.45) is 7.35. The van der Waals surface area contributed by atoms with E-state index in [1.54, 1.807) is 23.7 Å². The molecule has 3 aromatic rings. The summed E-state index contributed by atoms with van der Waals surface area (Å²) in [5.74, 6) is 1.56. The van der Waals surface area contributed by atoms with Crippen molar-refractivity contribution < 1.29 is 0 Å². The van der Waals surface area contributed by atoms with Crippen molar-refractivity contribution >= 4 is 17.2 Å². The molecular formula is C17H19N5S. The Hall–Kier alpha value is -2.34. The van der Waals surface area contributed by atoms with Gasteiger partial charge in [0.25, 0.3) is 0 Å². The van der Waals surface area contributed by atoms with E-state index in [9.17, 15) is 0 Å². The number of hydrogen-bond acceptors (Lipinski definition) is 6. The Kier molecular flexibility index (Phi) is 4.92. The molecule has 0 saturated heterocycles. The summed E-state index contributed by atoms with van der Waals surface area (Å²) in [7, 11) is 0. The van der Waals surface area contributed by atoms with Crippen LogP contribution in [0.1, 0.15) is 29.4 Å². The second-order valence-electron chi connectivity index (χ2n) is 5.08. The van der Waals surface area contributed by atoms with Gasteiger partial charge in [-0.3, -0.25) is 4.98 Å². The highest BCUT2D eigenvalue weighted by Gasteiger charge is 2.07. The number of nitrogens with zero attached hydrogens (tertiary/aromatic N) is 4. The van der Waals surface area contributed by atoms with Crippen molar-refractivity contribution in [2.45, 2.75) is 33.2 Å². The Bertz CT molecular complexity index is 770. The van der Waals surface area contributed by atoms with E-state index in [-0.39, 0.29) is 0 Å². The summed E-state index contributed by atoms with van der Waals surface area (Å²) in [5, 5.41) is 4.44. The zero-order valence-electron chi connectivity index (χ0n) is 13.3. The van der Waals surface area contributed by atoms with Crippen LogP contribution in [-0.4, -0.2) is 19.9 Å². The van der Waals surface area contributed by atoms with Gasteiger partial charge in [0.05, 0.1) is 6.54 Å². The second-order valence-corrected chi connectivity index (χ2v) is 6.28. The van der Waals surface area contributed by atoms with Crippen molar-refractivity contribution in [3.63, 3.8) is 0 Å². The lowest BCUT2D eigenvalue weighted by Crippen LogP contribution is -2.04. The van der Waals surface area contributed by atoms with Crippen LogP contribution in [0, 0.1) is 0 Å². The van der Waals surface area contributed by atoms with Crippen LogP contribution in [-0.2, 0) is 19.4 Å². The van der Waals surface area contributed by atoms with Crippen LogP contribution in [0.25, 0.3) is 11.4 Å². The molecule has 0 bridgehead atoms. The Labute approximate surface area is 139 Å². The van der Waals surface area contributed by atoms with Crippen LogP contribution >= 0.6 is 11.3 Å². The number of thiazole rings is 1. The van der Waals surface area contributed by atoms with Crippen LogP contribution in [0.3, 0.4) is 0 Å². The summed E-state index contributed by atoms with van der Waals surface area (Å²) in [4.78, 5) is 19.0. The average Bonchev–Trinajstić information content (AvgIpc) is 3.08. The molecule has 0 amide bonds. The Balaban J connectivity index is 1.81. The molecule has 1 N–H and O–H groups in total. The highest BCUT2D eigenvalue weighted by atomic mass is 32.1. The number of aromatic nitrogens is 4. The molecule has 3 heterocycles. The van der Waals surface area contributed by atoms with Crippen LogP contribution < -0.4 is 5.32 Å². The van der Waals surface area contributed by atoms with E-state index in [1.807, 2.05) is 24.4 Å². The fourth-order valence-corrected chi connectivity index (χ4v) is 2.96. The standard InChI is InChI=1S/C17H19N5S/c1-3-13-9-15(19-11-16-20-10-14(4-2)23-16)22-17(21-13)12-5-7-18-8-6-12/h5-10H,3-4,11H2,1-2H3,(H,19,21,22). The fourth-order valence-electron chi connectivity index (χ4n) is 2.16. The minimum absolute atomic E-state index is 0.681. The zero-order valence-corrected chi connectivity index (χ0v) is 14.1. The predicted octanol–water partition coefficient (Wildman–Crippen LogP) is 3.73. The highest BCUT2D eigenvalue weighted by molar-refractivity contribution is 7.11. The third-order valence-corrected chi connectivity index (χ3v) is 4.59. The minimum atomic E-state index is 0.681. The lowest BCUT2D eigenvalue weighted by molar-refractivity contribution is 0.989. The van der Waals surface area contributed by atoms with Crippen LogP contribution in [0.2, 0.25) is 0 Å². The Morgan fingerprint density at radius 1 is 1.09 bits per heavy atom. The first kappa shape index (κ1) is 15.6. The normalized spacial score (nSPS) is 10.7. The molecular weight excluding hydrogens is 306 g/mol. The van der Waals surface area contributed by atoms with Gasteiger partial charge in [0.15, 0.2) is 5.82 Å². The first-order valence-electron chi connectivity index (χ1n) is 7.74. The SMILES string of the molecule is CCc1cc(NCc2ncc(CC)s2)nc(-c2ccncc2)n1. The largest absolute Gasteiger partial charge is 0.363 e. The Morgan fingerprint density at radius 2 is 1.91 bits per heavy atom. The average molecular weight is 325 g/mol. The first-order valence-corrected chi connectivity index (χ1v) is 8.56. The van der Waals surface area contributed by atoms with Gasteiger partial charge in [0, 0.05) is 40.8 Å². The molecule has 0 saturated carbocycles. The molecule has 0 spiro atoms. The van der Waals surface area contributed by atoms with Crippen LogP contribution in [0.4, 0.5) is 5.82 Å². The molecule has 0 unspecified atom stereocenters. The zero-order chi connectivity index (χ0) is 16.1. The fraction of sp³-hybridized carbons (Fsp3) is 0.294. The van der Waals surface area contributed by atoms with Gasteiger partial charge in [-0.05, 0) is 25.0 Å². The van der Waals surface area contributed by atoms with E-state index in [0.29, 0.717) is 6.54 Å². The molecule has 0 aromatic carbocycles. The number of hydrogen-bond donors (Lipinski definition) is 1. The van der Waals surface area contributed by atoms with E-state index < -0.39 is 0 Å². The van der Waals surface area contributed by atoms with Gasteiger partial charge in [-0.2, -0.15) is 0 Å². The smallest absolute Gasteiger partial charge is 0.161 e. The molecule has 3 rings (SSSR count). The third kappa shape index (κ3) is 3.90. The number of anilines is 1. The monoisotopic (exact) mass is 325 g/mol. The molecule has 0 aliphatic carbocycles.